The highest BCUT2D eigenvalue weighted by molar-refractivity contribution is 7.92. The lowest BCUT2D eigenvalue weighted by molar-refractivity contribution is 0.0952. The van der Waals surface area contributed by atoms with Gasteiger partial charge in [-0.3, -0.25) is 9.10 Å². The third-order valence-electron chi connectivity index (χ3n) is 4.47. The lowest BCUT2D eigenvalue weighted by Crippen LogP contribution is -2.31. The van der Waals surface area contributed by atoms with E-state index >= 15 is 0 Å². The van der Waals surface area contributed by atoms with Crippen LogP contribution in [0.5, 0.6) is 0 Å². The lowest BCUT2D eigenvalue weighted by Gasteiger charge is -2.23. The van der Waals surface area contributed by atoms with Crippen molar-refractivity contribution in [2.45, 2.75) is 24.8 Å². The molecule has 0 radical (unpaired) electrons. The summed E-state index contributed by atoms with van der Waals surface area (Å²) in [5, 5.41) is 2.88. The standard InChI is InChI=1S/C21H24N4O3S/c1-2-25(29(27,28)20-7-4-3-5-8-20)19-11-9-18(10-12-19)21(26)23-13-6-15-24-16-14-22-17-24/h3-5,7-12,14,16-17H,2,6,13,15H2,1H3,(H,23,26). The van der Waals surface area contributed by atoms with Crippen LogP contribution in [-0.2, 0) is 16.6 Å². The third kappa shape index (κ3) is 5.03. The van der Waals surface area contributed by atoms with Crippen molar-refractivity contribution in [3.8, 4) is 0 Å². The molecule has 1 N–H and O–H groups in total. The van der Waals surface area contributed by atoms with Gasteiger partial charge in [0.25, 0.3) is 15.9 Å². The van der Waals surface area contributed by atoms with Crippen molar-refractivity contribution in [1.29, 1.82) is 0 Å². The number of carbonyl (C=O) groups excluding carboxylic acids is 1. The van der Waals surface area contributed by atoms with Gasteiger partial charge in [0.1, 0.15) is 0 Å². The number of benzene rings is 2. The van der Waals surface area contributed by atoms with Crippen molar-refractivity contribution < 1.29 is 13.2 Å². The largest absolute Gasteiger partial charge is 0.352 e. The van der Waals surface area contributed by atoms with Gasteiger partial charge in [-0.25, -0.2) is 13.4 Å². The van der Waals surface area contributed by atoms with E-state index in [0.717, 1.165) is 13.0 Å². The number of carbonyl (C=O) groups is 1. The van der Waals surface area contributed by atoms with Crippen LogP contribution in [0.2, 0.25) is 0 Å². The highest BCUT2D eigenvalue weighted by Crippen LogP contribution is 2.23. The van der Waals surface area contributed by atoms with Crippen LogP contribution >= 0.6 is 0 Å². The SMILES string of the molecule is CCN(c1ccc(C(=O)NCCCn2ccnc2)cc1)S(=O)(=O)c1ccccc1. The van der Waals surface area contributed by atoms with Gasteiger partial charge >= 0.3 is 0 Å². The molecule has 1 heterocycles. The first-order valence-electron chi connectivity index (χ1n) is 9.44. The highest BCUT2D eigenvalue weighted by Gasteiger charge is 2.23. The number of nitrogens with zero attached hydrogens (tertiary/aromatic N) is 3. The number of imidazole rings is 1. The summed E-state index contributed by atoms with van der Waals surface area (Å²) in [7, 11) is -3.65. The number of nitrogens with one attached hydrogen (secondary N) is 1. The maximum Gasteiger partial charge on any atom is 0.264 e. The first kappa shape index (κ1) is 20.6. The van der Waals surface area contributed by atoms with Crippen molar-refractivity contribution in [3.05, 3.63) is 78.9 Å². The van der Waals surface area contributed by atoms with Gasteiger partial charge in [-0.1, -0.05) is 18.2 Å². The molecule has 0 bridgehead atoms. The molecule has 0 aliphatic rings. The van der Waals surface area contributed by atoms with Crippen LogP contribution in [-0.4, -0.2) is 37.0 Å². The van der Waals surface area contributed by atoms with E-state index < -0.39 is 10.0 Å². The van der Waals surface area contributed by atoms with Crippen LogP contribution in [0.3, 0.4) is 0 Å². The maximum atomic E-state index is 12.9. The number of amides is 1. The van der Waals surface area contributed by atoms with Crippen LogP contribution in [0.25, 0.3) is 0 Å². The Morgan fingerprint density at radius 3 is 2.45 bits per heavy atom. The average molecular weight is 413 g/mol. The Morgan fingerprint density at radius 2 is 1.83 bits per heavy atom. The number of hydrogen-bond donors (Lipinski definition) is 1. The van der Waals surface area contributed by atoms with Crippen molar-refractivity contribution in [3.63, 3.8) is 0 Å². The van der Waals surface area contributed by atoms with E-state index in [0.29, 0.717) is 17.8 Å². The zero-order chi connectivity index (χ0) is 20.7. The Morgan fingerprint density at radius 1 is 1.10 bits per heavy atom. The fourth-order valence-electron chi connectivity index (χ4n) is 2.97. The third-order valence-corrected chi connectivity index (χ3v) is 6.39. The molecule has 2 aromatic carbocycles. The second kappa shape index (κ2) is 9.38. The van der Waals surface area contributed by atoms with Gasteiger partial charge in [-0.2, -0.15) is 0 Å². The molecular weight excluding hydrogens is 388 g/mol. The van der Waals surface area contributed by atoms with Gasteiger partial charge in [0.05, 0.1) is 16.9 Å². The summed E-state index contributed by atoms with van der Waals surface area (Å²) >= 11 is 0. The number of sulfonamides is 1. The molecule has 0 unspecified atom stereocenters. The van der Waals surface area contributed by atoms with Gasteiger partial charge in [-0.15, -0.1) is 0 Å². The molecule has 1 aromatic heterocycles. The molecule has 1 amide bonds. The smallest absolute Gasteiger partial charge is 0.264 e. The first-order chi connectivity index (χ1) is 14.0. The van der Waals surface area contributed by atoms with Gasteiger partial charge in [0.15, 0.2) is 0 Å². The predicted octanol–water partition coefficient (Wildman–Crippen LogP) is 2.92. The summed E-state index contributed by atoms with van der Waals surface area (Å²) in [6.07, 6.45) is 6.13. The molecule has 0 atom stereocenters. The zero-order valence-electron chi connectivity index (χ0n) is 16.2. The molecular formula is C21H24N4O3S. The average Bonchev–Trinajstić information content (AvgIpc) is 3.26. The van der Waals surface area contributed by atoms with E-state index in [1.807, 2.05) is 10.8 Å². The number of rotatable bonds is 9. The highest BCUT2D eigenvalue weighted by atomic mass is 32.2. The molecule has 0 spiro atoms. The molecule has 0 saturated carbocycles. The summed E-state index contributed by atoms with van der Waals surface area (Å²) in [6, 6.07) is 14.9. The fraction of sp³-hybridized carbons (Fsp3) is 0.238. The van der Waals surface area contributed by atoms with Gasteiger partial charge in [0, 0.05) is 37.6 Å². The van der Waals surface area contributed by atoms with Crippen molar-refractivity contribution >= 4 is 21.6 Å². The molecule has 0 aliphatic heterocycles. The minimum absolute atomic E-state index is 0.184. The Bertz CT molecular complexity index is 1020. The summed E-state index contributed by atoms with van der Waals surface area (Å²) in [5.41, 5.74) is 1.01. The van der Waals surface area contributed by atoms with Crippen LogP contribution < -0.4 is 9.62 Å². The van der Waals surface area contributed by atoms with Crippen LogP contribution in [0.15, 0.2) is 78.2 Å². The maximum absolute atomic E-state index is 12.9. The van der Waals surface area contributed by atoms with Crippen molar-refractivity contribution in [2.24, 2.45) is 0 Å². The van der Waals surface area contributed by atoms with E-state index in [9.17, 15) is 13.2 Å². The molecule has 0 saturated heterocycles. The lowest BCUT2D eigenvalue weighted by atomic mass is 10.2. The summed E-state index contributed by atoms with van der Waals surface area (Å²) in [4.78, 5) is 16.5. The molecule has 0 aliphatic carbocycles. The summed E-state index contributed by atoms with van der Waals surface area (Å²) in [5.74, 6) is -0.184. The Balaban J connectivity index is 1.63. The Hall–Kier alpha value is -3.13. The van der Waals surface area contributed by atoms with E-state index in [4.69, 9.17) is 0 Å². The summed E-state index contributed by atoms with van der Waals surface area (Å²) < 4.78 is 29.1. The van der Waals surface area contributed by atoms with Gasteiger partial charge in [0.2, 0.25) is 0 Å². The molecule has 8 heteroatoms. The van der Waals surface area contributed by atoms with Gasteiger partial charge < -0.3 is 9.88 Å². The second-order valence-corrected chi connectivity index (χ2v) is 8.30. The van der Waals surface area contributed by atoms with Crippen molar-refractivity contribution in [2.75, 3.05) is 17.4 Å². The predicted molar refractivity (Wildman–Crippen MR) is 112 cm³/mol. The zero-order valence-corrected chi connectivity index (χ0v) is 17.0. The second-order valence-electron chi connectivity index (χ2n) is 6.44. The molecule has 0 fully saturated rings. The van der Waals surface area contributed by atoms with E-state index in [2.05, 4.69) is 10.3 Å². The number of anilines is 1. The number of aromatic nitrogens is 2. The van der Waals surface area contributed by atoms with Crippen LogP contribution in [0.4, 0.5) is 5.69 Å². The summed E-state index contributed by atoms with van der Waals surface area (Å²) in [6.45, 7) is 3.39. The van der Waals surface area contributed by atoms with Crippen LogP contribution in [0.1, 0.15) is 23.7 Å². The Kier molecular flexibility index (Phi) is 6.66. The topological polar surface area (TPSA) is 84.3 Å². The van der Waals surface area contributed by atoms with Crippen molar-refractivity contribution in [1.82, 2.24) is 14.9 Å². The normalized spacial score (nSPS) is 11.2. The molecule has 152 valence electrons. The van der Waals surface area contributed by atoms with E-state index in [-0.39, 0.29) is 17.3 Å². The quantitative estimate of drug-likeness (QED) is 0.548. The minimum atomic E-state index is -3.65. The molecule has 3 rings (SSSR count). The molecule has 29 heavy (non-hydrogen) atoms. The monoisotopic (exact) mass is 412 g/mol. The van der Waals surface area contributed by atoms with Gasteiger partial charge in [-0.05, 0) is 49.7 Å². The molecule has 3 aromatic rings. The number of hydrogen-bond acceptors (Lipinski definition) is 4. The Labute approximate surface area is 171 Å². The van der Waals surface area contributed by atoms with Crippen LogP contribution in [0, 0.1) is 0 Å². The van der Waals surface area contributed by atoms with E-state index in [1.54, 1.807) is 74.0 Å². The minimum Gasteiger partial charge on any atom is -0.352 e. The van der Waals surface area contributed by atoms with E-state index in [1.165, 1.54) is 4.31 Å². The first-order valence-corrected chi connectivity index (χ1v) is 10.9. The number of aryl methyl sites for hydroxylation is 1. The fourth-order valence-corrected chi connectivity index (χ4v) is 4.47. The molecule has 7 nitrogen and oxygen atoms in total.